The summed E-state index contributed by atoms with van der Waals surface area (Å²) in [5.74, 6) is 0.644. The standard InChI is InChI=1S/C7H14O.2C4H9.Sn/c1-4-7(5-2)6(3)8;2*1-3-4-2;/h7H,4-5H2,1-3H3;2*1,3-4H2,2H3;. The van der Waals surface area contributed by atoms with E-state index in [4.69, 9.17) is 0 Å². The zero-order valence-corrected chi connectivity index (χ0v) is 15.5. The van der Waals surface area contributed by atoms with E-state index in [0.29, 0.717) is 11.7 Å². The van der Waals surface area contributed by atoms with Crippen LogP contribution in [-0.2, 0) is 4.79 Å². The van der Waals surface area contributed by atoms with Crippen molar-refractivity contribution >= 4 is 26.9 Å². The van der Waals surface area contributed by atoms with E-state index in [-0.39, 0.29) is 21.1 Å². The van der Waals surface area contributed by atoms with Crippen molar-refractivity contribution in [2.45, 2.75) is 82.0 Å². The summed E-state index contributed by atoms with van der Waals surface area (Å²) in [4.78, 5) is 10.6. The van der Waals surface area contributed by atoms with Gasteiger partial charge in [0.25, 0.3) is 0 Å². The van der Waals surface area contributed by atoms with E-state index in [2.05, 4.69) is 27.7 Å². The third kappa shape index (κ3) is 16.5. The van der Waals surface area contributed by atoms with Crippen LogP contribution in [0.2, 0.25) is 8.87 Å². The molecule has 0 aliphatic rings. The van der Waals surface area contributed by atoms with Gasteiger partial charge < -0.3 is 0 Å². The predicted molar refractivity (Wildman–Crippen MR) is 79.9 cm³/mol. The van der Waals surface area contributed by atoms with Crippen molar-refractivity contribution < 1.29 is 4.79 Å². The van der Waals surface area contributed by atoms with Crippen molar-refractivity contribution in [3.63, 3.8) is 0 Å². The SMILES string of the molecule is CCC(CC)C(C)=O.CCC[CH2][Sn][CH2]CCC. The molecule has 0 amide bonds. The number of hydrogen-bond donors (Lipinski definition) is 0. The van der Waals surface area contributed by atoms with E-state index >= 15 is 0 Å². The van der Waals surface area contributed by atoms with Crippen molar-refractivity contribution in [2.24, 2.45) is 5.92 Å². The Hall–Kier alpha value is 0.469. The van der Waals surface area contributed by atoms with Gasteiger partial charge in [-0.1, -0.05) is 13.8 Å². The first kappa shape index (κ1) is 19.8. The molecule has 0 aliphatic heterocycles. The molecule has 0 aromatic heterocycles. The molecule has 2 heteroatoms. The Kier molecular flexibility index (Phi) is 19.2. The van der Waals surface area contributed by atoms with Gasteiger partial charge in [0, 0.05) is 5.92 Å². The van der Waals surface area contributed by atoms with Crippen LogP contribution in [0.4, 0.5) is 0 Å². The second-order valence-corrected chi connectivity index (χ2v) is 8.86. The van der Waals surface area contributed by atoms with Gasteiger partial charge in [-0.15, -0.1) is 0 Å². The van der Waals surface area contributed by atoms with Crippen LogP contribution in [0.1, 0.15) is 73.1 Å². The van der Waals surface area contributed by atoms with Crippen molar-refractivity contribution in [3.05, 3.63) is 0 Å². The molecule has 2 radical (unpaired) electrons. The first-order valence-corrected chi connectivity index (χ1v) is 11.4. The Morgan fingerprint density at radius 2 is 1.35 bits per heavy atom. The van der Waals surface area contributed by atoms with Crippen LogP contribution in [-0.4, -0.2) is 26.9 Å². The fourth-order valence-corrected chi connectivity index (χ4v) is 5.75. The summed E-state index contributed by atoms with van der Waals surface area (Å²) >= 11 is 0.149. The molecule has 0 N–H and O–H groups in total. The molecule has 0 atom stereocenters. The zero-order chi connectivity index (χ0) is 13.5. The molecule has 0 aromatic carbocycles. The van der Waals surface area contributed by atoms with Gasteiger partial charge in [-0.25, -0.2) is 0 Å². The first-order valence-electron chi connectivity index (χ1n) is 7.34. The minimum atomic E-state index is 0.149. The normalized spacial score (nSPS) is 10.0. The molecular formula is C15H32OSn. The molecule has 17 heavy (non-hydrogen) atoms. The van der Waals surface area contributed by atoms with Crippen LogP contribution in [0.15, 0.2) is 0 Å². The molecular weight excluding hydrogens is 315 g/mol. The van der Waals surface area contributed by atoms with Gasteiger partial charge in [0.1, 0.15) is 5.78 Å². The van der Waals surface area contributed by atoms with E-state index in [0.717, 1.165) is 12.8 Å². The van der Waals surface area contributed by atoms with Gasteiger partial charge in [0.15, 0.2) is 0 Å². The van der Waals surface area contributed by atoms with E-state index in [1.54, 1.807) is 15.8 Å². The van der Waals surface area contributed by atoms with Gasteiger partial charge >= 0.3 is 69.5 Å². The molecule has 0 saturated carbocycles. The average Bonchev–Trinajstić information content (AvgIpc) is 2.31. The van der Waals surface area contributed by atoms with Gasteiger partial charge in [0.2, 0.25) is 0 Å². The van der Waals surface area contributed by atoms with Crippen LogP contribution >= 0.6 is 0 Å². The molecule has 0 bridgehead atoms. The van der Waals surface area contributed by atoms with E-state index < -0.39 is 0 Å². The Morgan fingerprint density at radius 3 is 1.53 bits per heavy atom. The predicted octanol–water partition coefficient (Wildman–Crippen LogP) is 5.14. The summed E-state index contributed by atoms with van der Waals surface area (Å²) < 4.78 is 3.25. The summed E-state index contributed by atoms with van der Waals surface area (Å²) in [7, 11) is 0. The summed E-state index contributed by atoms with van der Waals surface area (Å²) in [6.07, 6.45) is 7.82. The van der Waals surface area contributed by atoms with E-state index in [9.17, 15) is 4.79 Å². The molecule has 0 unspecified atom stereocenters. The van der Waals surface area contributed by atoms with Crippen molar-refractivity contribution in [1.82, 2.24) is 0 Å². The van der Waals surface area contributed by atoms with Crippen molar-refractivity contribution in [1.29, 1.82) is 0 Å². The molecule has 0 saturated heterocycles. The Balaban J connectivity index is 0. The Morgan fingerprint density at radius 1 is 0.941 bits per heavy atom. The number of carbonyl (C=O) groups is 1. The number of rotatable bonds is 9. The maximum absolute atomic E-state index is 10.6. The second-order valence-electron chi connectivity index (χ2n) is 4.58. The Bertz CT molecular complexity index is 147. The molecule has 0 fully saturated rings. The van der Waals surface area contributed by atoms with Gasteiger partial charge in [-0.3, -0.25) is 4.79 Å². The van der Waals surface area contributed by atoms with Crippen LogP contribution in [0.5, 0.6) is 0 Å². The fraction of sp³-hybridized carbons (Fsp3) is 0.933. The van der Waals surface area contributed by atoms with Gasteiger partial charge in [-0.2, -0.15) is 0 Å². The number of Topliss-reactive ketones (excluding diaryl/α,β-unsaturated/α-hetero) is 1. The summed E-state index contributed by atoms with van der Waals surface area (Å²) in [6, 6.07) is 0. The Labute approximate surface area is 119 Å². The summed E-state index contributed by atoms with van der Waals surface area (Å²) in [5.41, 5.74) is 0. The molecule has 0 heterocycles. The number of ketones is 1. The molecule has 1 nitrogen and oxygen atoms in total. The average molecular weight is 347 g/mol. The molecule has 0 rings (SSSR count). The number of unbranched alkanes of at least 4 members (excludes halogenated alkanes) is 2. The van der Waals surface area contributed by atoms with Crippen LogP contribution < -0.4 is 0 Å². The minimum absolute atomic E-state index is 0.149. The molecule has 0 aliphatic carbocycles. The zero-order valence-electron chi connectivity index (χ0n) is 12.6. The third-order valence-electron chi connectivity index (χ3n) is 2.97. The third-order valence-corrected chi connectivity index (χ3v) is 7.01. The van der Waals surface area contributed by atoms with Crippen molar-refractivity contribution in [3.8, 4) is 0 Å². The summed E-state index contributed by atoms with van der Waals surface area (Å²) in [6.45, 7) is 10.3. The summed E-state index contributed by atoms with van der Waals surface area (Å²) in [5, 5.41) is 0. The molecule has 0 aromatic rings. The van der Waals surface area contributed by atoms with E-state index in [1.165, 1.54) is 25.7 Å². The molecule has 0 spiro atoms. The van der Waals surface area contributed by atoms with E-state index in [1.807, 2.05) is 0 Å². The quantitative estimate of drug-likeness (QED) is 0.417. The van der Waals surface area contributed by atoms with Gasteiger partial charge in [-0.05, 0) is 19.8 Å². The van der Waals surface area contributed by atoms with Crippen LogP contribution in [0, 0.1) is 5.92 Å². The monoisotopic (exact) mass is 348 g/mol. The molecule has 102 valence electrons. The van der Waals surface area contributed by atoms with Crippen molar-refractivity contribution in [2.75, 3.05) is 0 Å². The van der Waals surface area contributed by atoms with Crippen LogP contribution in [0.3, 0.4) is 0 Å². The maximum atomic E-state index is 10.6. The van der Waals surface area contributed by atoms with Gasteiger partial charge in [0.05, 0.1) is 0 Å². The first-order chi connectivity index (χ1) is 8.13. The topological polar surface area (TPSA) is 17.1 Å². The number of hydrogen-bond acceptors (Lipinski definition) is 1. The fourth-order valence-electron chi connectivity index (χ4n) is 1.59. The number of carbonyl (C=O) groups excluding carboxylic acids is 1. The van der Waals surface area contributed by atoms with Crippen LogP contribution in [0.25, 0.3) is 0 Å². The second kappa shape index (κ2) is 16.5.